The topological polar surface area (TPSA) is 87.3 Å². The van der Waals surface area contributed by atoms with Crippen LogP contribution >= 0.6 is 0 Å². The molecule has 2 aliphatic rings. The molecule has 0 unspecified atom stereocenters. The monoisotopic (exact) mass is 379 g/mol. The summed E-state index contributed by atoms with van der Waals surface area (Å²) in [6.45, 7) is 5.56. The minimum Gasteiger partial charge on any atom is -0.494 e. The molecule has 1 fully saturated rings. The number of hydrogen-bond acceptors (Lipinski definition) is 5. The molecule has 2 heterocycles. The second-order valence-electron chi connectivity index (χ2n) is 8.51. The van der Waals surface area contributed by atoms with Crippen LogP contribution in [-0.2, 0) is 11.2 Å². The Morgan fingerprint density at radius 1 is 1.25 bits per heavy atom. The van der Waals surface area contributed by atoms with Crippen molar-refractivity contribution in [2.45, 2.75) is 45.6 Å². The number of ketones is 1. The smallest absolute Gasteiger partial charge is 0.196 e. The van der Waals surface area contributed by atoms with Gasteiger partial charge in [0.25, 0.3) is 0 Å². The van der Waals surface area contributed by atoms with E-state index in [1.807, 2.05) is 12.1 Å². The normalized spacial score (nSPS) is 19.1. The fourth-order valence-corrected chi connectivity index (χ4v) is 4.24. The average Bonchev–Trinajstić information content (AvgIpc) is 2.97. The number of anilines is 1. The van der Waals surface area contributed by atoms with E-state index in [-0.39, 0.29) is 23.1 Å². The molecule has 6 heteroatoms. The van der Waals surface area contributed by atoms with E-state index in [0.29, 0.717) is 37.2 Å². The molecule has 1 aliphatic carbocycles. The Bertz CT molecular complexity index is 962. The molecule has 2 N–H and O–H groups in total. The summed E-state index contributed by atoms with van der Waals surface area (Å²) in [5.41, 5.74) is 3.34. The molecular formula is C22H25N3O3. The van der Waals surface area contributed by atoms with Crippen molar-refractivity contribution in [3.63, 3.8) is 0 Å². The number of Topliss-reactive ketones (excluding diaryl/α,β-unsaturated/α-hetero) is 1. The minimum absolute atomic E-state index is 0.0535. The SMILES string of the molecule is CC1(C)CC(=O)c2cc(O)n(-c3ccc(C#N)c(NC4CCOCC4)c3)c2C1. The quantitative estimate of drug-likeness (QED) is 0.847. The second kappa shape index (κ2) is 6.99. The van der Waals surface area contributed by atoms with Gasteiger partial charge in [-0.25, -0.2) is 0 Å². The summed E-state index contributed by atoms with van der Waals surface area (Å²) >= 11 is 0. The fraction of sp³-hybridized carbons (Fsp3) is 0.455. The molecule has 0 atom stereocenters. The molecule has 6 nitrogen and oxygen atoms in total. The van der Waals surface area contributed by atoms with Crippen molar-refractivity contribution in [2.75, 3.05) is 18.5 Å². The summed E-state index contributed by atoms with van der Waals surface area (Å²) < 4.78 is 7.15. The third-order valence-electron chi connectivity index (χ3n) is 5.63. The predicted molar refractivity (Wildman–Crippen MR) is 106 cm³/mol. The van der Waals surface area contributed by atoms with Crippen LogP contribution in [-0.4, -0.2) is 34.7 Å². The zero-order valence-electron chi connectivity index (χ0n) is 16.3. The fourth-order valence-electron chi connectivity index (χ4n) is 4.24. The lowest BCUT2D eigenvalue weighted by Gasteiger charge is -2.29. The number of ether oxygens (including phenoxy) is 1. The Morgan fingerprint density at radius 3 is 2.71 bits per heavy atom. The van der Waals surface area contributed by atoms with Crippen LogP contribution < -0.4 is 5.32 Å². The number of benzene rings is 1. The van der Waals surface area contributed by atoms with Crippen LogP contribution in [0.3, 0.4) is 0 Å². The lowest BCUT2D eigenvalue weighted by atomic mass is 9.76. The molecule has 28 heavy (non-hydrogen) atoms. The molecule has 0 radical (unpaired) electrons. The summed E-state index contributed by atoms with van der Waals surface area (Å²) in [5.74, 6) is 0.118. The lowest BCUT2D eigenvalue weighted by molar-refractivity contribution is 0.0903. The number of carbonyl (C=O) groups excluding carboxylic acids is 1. The number of carbonyl (C=O) groups is 1. The highest BCUT2D eigenvalue weighted by molar-refractivity contribution is 5.99. The molecule has 146 valence electrons. The first kappa shape index (κ1) is 18.6. The third-order valence-corrected chi connectivity index (χ3v) is 5.63. The molecule has 0 spiro atoms. The van der Waals surface area contributed by atoms with Crippen molar-refractivity contribution in [2.24, 2.45) is 5.41 Å². The molecule has 1 aromatic carbocycles. The zero-order chi connectivity index (χ0) is 19.9. The van der Waals surface area contributed by atoms with Crippen molar-refractivity contribution in [1.82, 2.24) is 4.57 Å². The van der Waals surface area contributed by atoms with Gasteiger partial charge in [-0.3, -0.25) is 9.36 Å². The van der Waals surface area contributed by atoms with Gasteiger partial charge in [-0.1, -0.05) is 13.8 Å². The van der Waals surface area contributed by atoms with E-state index < -0.39 is 0 Å². The van der Waals surface area contributed by atoms with Crippen LogP contribution in [0.5, 0.6) is 5.88 Å². The Kier molecular flexibility index (Phi) is 4.64. The number of aromatic nitrogens is 1. The molecule has 0 bridgehead atoms. The average molecular weight is 379 g/mol. The van der Waals surface area contributed by atoms with Gasteiger partial charge in [0.05, 0.1) is 16.9 Å². The first-order valence-electron chi connectivity index (χ1n) is 9.73. The molecular weight excluding hydrogens is 354 g/mol. The summed E-state index contributed by atoms with van der Waals surface area (Å²) in [5, 5.41) is 23.6. The highest BCUT2D eigenvalue weighted by atomic mass is 16.5. The van der Waals surface area contributed by atoms with Crippen molar-refractivity contribution in [3.8, 4) is 17.6 Å². The van der Waals surface area contributed by atoms with Crippen molar-refractivity contribution in [1.29, 1.82) is 5.26 Å². The van der Waals surface area contributed by atoms with Crippen molar-refractivity contribution < 1.29 is 14.6 Å². The van der Waals surface area contributed by atoms with Crippen molar-refractivity contribution >= 4 is 11.5 Å². The van der Waals surface area contributed by atoms with Crippen LogP contribution in [0, 0.1) is 16.7 Å². The van der Waals surface area contributed by atoms with Crippen LogP contribution in [0.25, 0.3) is 5.69 Å². The number of fused-ring (bicyclic) bond motifs is 1. The Morgan fingerprint density at radius 2 is 2.00 bits per heavy atom. The molecule has 0 amide bonds. The number of aromatic hydroxyl groups is 1. The highest BCUT2D eigenvalue weighted by Gasteiger charge is 2.35. The largest absolute Gasteiger partial charge is 0.494 e. The van der Waals surface area contributed by atoms with Crippen LogP contribution in [0.1, 0.15) is 54.7 Å². The van der Waals surface area contributed by atoms with E-state index in [4.69, 9.17) is 4.74 Å². The predicted octanol–water partition coefficient (Wildman–Crippen LogP) is 3.80. The maximum Gasteiger partial charge on any atom is 0.196 e. The van der Waals surface area contributed by atoms with Gasteiger partial charge in [-0.05, 0) is 42.9 Å². The van der Waals surface area contributed by atoms with E-state index in [1.54, 1.807) is 16.7 Å². The van der Waals surface area contributed by atoms with Gasteiger partial charge in [-0.2, -0.15) is 5.26 Å². The summed E-state index contributed by atoms with van der Waals surface area (Å²) in [6, 6.07) is 9.53. The van der Waals surface area contributed by atoms with Crippen LogP contribution in [0.15, 0.2) is 24.3 Å². The number of rotatable bonds is 3. The molecule has 0 saturated carbocycles. The van der Waals surface area contributed by atoms with E-state index in [2.05, 4.69) is 25.2 Å². The molecule has 2 aromatic rings. The minimum atomic E-state index is -0.150. The van der Waals surface area contributed by atoms with Crippen LogP contribution in [0.4, 0.5) is 5.69 Å². The Labute approximate surface area is 164 Å². The molecule has 1 aromatic heterocycles. The van der Waals surface area contributed by atoms with Gasteiger partial charge < -0.3 is 15.2 Å². The Balaban J connectivity index is 1.75. The van der Waals surface area contributed by atoms with Gasteiger partial charge >= 0.3 is 0 Å². The number of hydrogen-bond donors (Lipinski definition) is 2. The molecule has 1 aliphatic heterocycles. The summed E-state index contributed by atoms with van der Waals surface area (Å²) in [6.07, 6.45) is 2.97. The number of nitrogens with one attached hydrogen (secondary N) is 1. The molecule has 1 saturated heterocycles. The first-order chi connectivity index (χ1) is 13.4. The summed E-state index contributed by atoms with van der Waals surface area (Å²) in [4.78, 5) is 12.5. The van der Waals surface area contributed by atoms with Gasteiger partial charge in [-0.15, -0.1) is 0 Å². The van der Waals surface area contributed by atoms with Gasteiger partial charge in [0, 0.05) is 43.0 Å². The van der Waals surface area contributed by atoms with E-state index in [0.717, 1.165) is 29.9 Å². The van der Waals surface area contributed by atoms with E-state index >= 15 is 0 Å². The highest BCUT2D eigenvalue weighted by Crippen LogP contribution is 2.39. The number of nitriles is 1. The van der Waals surface area contributed by atoms with Gasteiger partial charge in [0.1, 0.15) is 6.07 Å². The second-order valence-corrected chi connectivity index (χ2v) is 8.51. The Hall–Kier alpha value is -2.78. The lowest BCUT2D eigenvalue weighted by Crippen LogP contribution is -2.28. The maximum atomic E-state index is 12.5. The molecule has 4 rings (SSSR count). The first-order valence-corrected chi connectivity index (χ1v) is 9.73. The third kappa shape index (κ3) is 3.38. The van der Waals surface area contributed by atoms with Crippen LogP contribution in [0.2, 0.25) is 0 Å². The van der Waals surface area contributed by atoms with Gasteiger partial charge in [0.2, 0.25) is 0 Å². The summed E-state index contributed by atoms with van der Waals surface area (Å²) in [7, 11) is 0. The zero-order valence-corrected chi connectivity index (χ0v) is 16.3. The van der Waals surface area contributed by atoms with E-state index in [9.17, 15) is 15.2 Å². The number of nitrogens with zero attached hydrogens (tertiary/aromatic N) is 2. The maximum absolute atomic E-state index is 12.5. The standard InChI is InChI=1S/C22H25N3O3/c1-22(2)11-19-17(20(26)12-22)10-21(27)25(19)16-4-3-14(13-23)18(9-16)24-15-5-7-28-8-6-15/h3-4,9-10,15,24,27H,5-8,11-12H2,1-2H3. The van der Waals surface area contributed by atoms with Crippen molar-refractivity contribution in [3.05, 3.63) is 41.1 Å². The van der Waals surface area contributed by atoms with E-state index in [1.165, 1.54) is 0 Å². The van der Waals surface area contributed by atoms with Gasteiger partial charge in [0.15, 0.2) is 11.7 Å².